The van der Waals surface area contributed by atoms with Crippen LogP contribution in [0.1, 0.15) is 26.2 Å². The van der Waals surface area contributed by atoms with E-state index in [9.17, 15) is 13.2 Å². The maximum absolute atomic E-state index is 12.6. The van der Waals surface area contributed by atoms with Crippen molar-refractivity contribution in [2.45, 2.75) is 32.4 Å². The normalized spacial score (nSPS) is 17.3. The van der Waals surface area contributed by atoms with Crippen molar-refractivity contribution in [3.8, 4) is 0 Å². The van der Waals surface area contributed by atoms with Crippen molar-refractivity contribution in [3.63, 3.8) is 0 Å². The molecule has 0 atom stereocenters. The van der Waals surface area contributed by atoms with Crippen LogP contribution in [-0.2, 0) is 0 Å². The van der Waals surface area contributed by atoms with E-state index in [-0.39, 0.29) is 12.8 Å². The number of hydrogen-bond donors (Lipinski definition) is 1. The zero-order valence-corrected chi connectivity index (χ0v) is 11.6. The van der Waals surface area contributed by atoms with Crippen LogP contribution in [0.4, 0.5) is 24.5 Å². The van der Waals surface area contributed by atoms with Crippen molar-refractivity contribution in [1.82, 2.24) is 4.98 Å². The average molecular weight is 287 g/mol. The summed E-state index contributed by atoms with van der Waals surface area (Å²) in [5.41, 5.74) is 1.81. The molecule has 1 aromatic rings. The zero-order chi connectivity index (χ0) is 14.6. The molecule has 6 heteroatoms. The second-order valence-corrected chi connectivity index (χ2v) is 5.16. The van der Waals surface area contributed by atoms with E-state index < -0.39 is 12.1 Å². The number of aromatic nitrogens is 1. The summed E-state index contributed by atoms with van der Waals surface area (Å²) in [5.74, 6) is -1.16. The summed E-state index contributed by atoms with van der Waals surface area (Å²) in [6, 6.07) is 1.95. The average Bonchev–Trinajstić information content (AvgIpc) is 2.45. The van der Waals surface area contributed by atoms with E-state index in [2.05, 4.69) is 17.2 Å². The third-order valence-electron chi connectivity index (χ3n) is 3.63. The van der Waals surface area contributed by atoms with Crippen molar-refractivity contribution in [3.05, 3.63) is 18.5 Å². The van der Waals surface area contributed by atoms with Gasteiger partial charge >= 0.3 is 6.18 Å². The molecule has 1 aromatic heterocycles. The largest absolute Gasteiger partial charge is 0.391 e. The van der Waals surface area contributed by atoms with Crippen LogP contribution < -0.4 is 10.2 Å². The molecule has 0 spiro atoms. The van der Waals surface area contributed by atoms with Gasteiger partial charge in [-0.05, 0) is 25.3 Å². The van der Waals surface area contributed by atoms with E-state index in [0.717, 1.165) is 24.3 Å². The molecular formula is C14H20F3N3. The van der Waals surface area contributed by atoms with Gasteiger partial charge in [0, 0.05) is 19.6 Å². The minimum absolute atomic E-state index is 0.163. The second-order valence-electron chi connectivity index (χ2n) is 5.16. The highest BCUT2D eigenvalue weighted by molar-refractivity contribution is 5.55. The van der Waals surface area contributed by atoms with Gasteiger partial charge < -0.3 is 10.2 Å². The van der Waals surface area contributed by atoms with Crippen LogP contribution in [0.15, 0.2) is 18.5 Å². The number of piperidine rings is 1. The number of nitrogens with zero attached hydrogens (tertiary/aromatic N) is 2. The smallest absolute Gasteiger partial charge is 0.384 e. The van der Waals surface area contributed by atoms with Crippen LogP contribution >= 0.6 is 0 Å². The Kier molecular flexibility index (Phi) is 4.73. The number of pyridine rings is 1. The standard InChI is InChI=1S/C14H20F3N3/c1-2-5-19-12-8-13(10-18-9-12)20-6-3-11(4-7-20)14(15,16)17/h8-11,19H,2-7H2,1H3. The highest BCUT2D eigenvalue weighted by Crippen LogP contribution is 2.35. The number of alkyl halides is 3. The predicted octanol–water partition coefficient (Wildman–Crippen LogP) is 3.68. The molecule has 1 N–H and O–H groups in total. The van der Waals surface area contributed by atoms with Gasteiger partial charge in [-0.1, -0.05) is 6.92 Å². The van der Waals surface area contributed by atoms with Crippen molar-refractivity contribution in [1.29, 1.82) is 0 Å². The van der Waals surface area contributed by atoms with Crippen LogP contribution in [0.2, 0.25) is 0 Å². The Morgan fingerprint density at radius 3 is 2.60 bits per heavy atom. The first-order valence-corrected chi connectivity index (χ1v) is 7.01. The quantitative estimate of drug-likeness (QED) is 0.915. The molecule has 2 heterocycles. The van der Waals surface area contributed by atoms with Crippen molar-refractivity contribution in [2.24, 2.45) is 5.92 Å². The monoisotopic (exact) mass is 287 g/mol. The van der Waals surface area contributed by atoms with Crippen LogP contribution in [0.25, 0.3) is 0 Å². The highest BCUT2D eigenvalue weighted by atomic mass is 19.4. The first-order chi connectivity index (χ1) is 9.50. The van der Waals surface area contributed by atoms with Gasteiger partial charge in [0.25, 0.3) is 0 Å². The van der Waals surface area contributed by atoms with Gasteiger partial charge in [-0.15, -0.1) is 0 Å². The van der Waals surface area contributed by atoms with Gasteiger partial charge in [0.1, 0.15) is 0 Å². The molecule has 0 saturated carbocycles. The van der Waals surface area contributed by atoms with Crippen LogP contribution in [0.3, 0.4) is 0 Å². The number of hydrogen-bond acceptors (Lipinski definition) is 3. The summed E-state index contributed by atoms with van der Waals surface area (Å²) in [6.45, 7) is 3.81. The fraction of sp³-hybridized carbons (Fsp3) is 0.643. The molecule has 0 aliphatic carbocycles. The molecule has 1 aliphatic heterocycles. The molecule has 1 saturated heterocycles. The third-order valence-corrected chi connectivity index (χ3v) is 3.63. The second kappa shape index (κ2) is 6.33. The lowest BCUT2D eigenvalue weighted by atomic mass is 9.96. The van der Waals surface area contributed by atoms with Crippen molar-refractivity contribution in [2.75, 3.05) is 29.9 Å². The molecule has 3 nitrogen and oxygen atoms in total. The molecule has 1 fully saturated rings. The fourth-order valence-electron chi connectivity index (χ4n) is 2.43. The van der Waals surface area contributed by atoms with Gasteiger partial charge in [0.2, 0.25) is 0 Å². The summed E-state index contributed by atoms with van der Waals surface area (Å²) in [4.78, 5) is 6.13. The molecule has 0 radical (unpaired) electrons. The lowest BCUT2D eigenvalue weighted by molar-refractivity contribution is -0.179. The maximum Gasteiger partial charge on any atom is 0.391 e. The van der Waals surface area contributed by atoms with Gasteiger partial charge in [0.05, 0.1) is 29.7 Å². The van der Waals surface area contributed by atoms with Crippen LogP contribution in [-0.4, -0.2) is 30.8 Å². The van der Waals surface area contributed by atoms with Crippen LogP contribution in [0, 0.1) is 5.92 Å². The van der Waals surface area contributed by atoms with E-state index in [1.165, 1.54) is 0 Å². The minimum Gasteiger partial charge on any atom is -0.384 e. The van der Waals surface area contributed by atoms with Gasteiger partial charge in [-0.3, -0.25) is 4.98 Å². The van der Waals surface area contributed by atoms with E-state index in [1.54, 1.807) is 12.4 Å². The molecular weight excluding hydrogens is 267 g/mol. The number of rotatable bonds is 4. The van der Waals surface area contributed by atoms with E-state index in [0.29, 0.717) is 13.1 Å². The van der Waals surface area contributed by atoms with E-state index in [1.807, 2.05) is 11.0 Å². The predicted molar refractivity (Wildman–Crippen MR) is 74.0 cm³/mol. The molecule has 0 aromatic carbocycles. The maximum atomic E-state index is 12.6. The molecule has 112 valence electrons. The molecule has 0 amide bonds. The number of anilines is 2. The minimum atomic E-state index is -4.06. The zero-order valence-electron chi connectivity index (χ0n) is 11.6. The first-order valence-electron chi connectivity index (χ1n) is 7.01. The van der Waals surface area contributed by atoms with Crippen molar-refractivity contribution < 1.29 is 13.2 Å². The summed E-state index contributed by atoms with van der Waals surface area (Å²) >= 11 is 0. The summed E-state index contributed by atoms with van der Waals surface area (Å²) < 4.78 is 37.9. The Hall–Kier alpha value is -1.46. The van der Waals surface area contributed by atoms with Gasteiger partial charge in [-0.2, -0.15) is 13.2 Å². The topological polar surface area (TPSA) is 28.2 Å². The Labute approximate surface area is 117 Å². The van der Waals surface area contributed by atoms with Gasteiger partial charge in [0.15, 0.2) is 0 Å². The summed E-state index contributed by atoms with van der Waals surface area (Å²) in [5, 5.41) is 3.24. The molecule has 2 rings (SSSR count). The lowest BCUT2D eigenvalue weighted by Crippen LogP contribution is -2.39. The first kappa shape index (κ1) is 14.9. The SMILES string of the molecule is CCCNc1cncc(N2CCC(C(F)(F)F)CC2)c1. The van der Waals surface area contributed by atoms with Crippen LogP contribution in [0.5, 0.6) is 0 Å². The molecule has 0 bridgehead atoms. The highest BCUT2D eigenvalue weighted by Gasteiger charge is 2.41. The fourth-order valence-corrected chi connectivity index (χ4v) is 2.43. The Morgan fingerprint density at radius 1 is 1.30 bits per heavy atom. The Morgan fingerprint density at radius 2 is 2.00 bits per heavy atom. The molecule has 1 aliphatic rings. The van der Waals surface area contributed by atoms with Gasteiger partial charge in [-0.25, -0.2) is 0 Å². The number of nitrogens with one attached hydrogen (secondary N) is 1. The van der Waals surface area contributed by atoms with E-state index >= 15 is 0 Å². The molecule has 20 heavy (non-hydrogen) atoms. The Balaban J connectivity index is 1.96. The lowest BCUT2D eigenvalue weighted by Gasteiger charge is -2.34. The Bertz CT molecular complexity index is 426. The van der Waals surface area contributed by atoms with Crippen molar-refractivity contribution >= 4 is 11.4 Å². The van der Waals surface area contributed by atoms with E-state index in [4.69, 9.17) is 0 Å². The summed E-state index contributed by atoms with van der Waals surface area (Å²) in [6.07, 6.45) is 0.731. The molecule has 0 unspecified atom stereocenters. The summed E-state index contributed by atoms with van der Waals surface area (Å²) in [7, 11) is 0. The third kappa shape index (κ3) is 3.77. The number of halogens is 3.